The van der Waals surface area contributed by atoms with E-state index < -0.39 is 59.4 Å². The lowest BCUT2D eigenvalue weighted by Crippen LogP contribution is -2.65. The smallest absolute Gasteiger partial charge is 0.407 e. The number of hydrogen-bond acceptors (Lipinski definition) is 11. The average molecular weight is 549 g/mol. The summed E-state index contributed by atoms with van der Waals surface area (Å²) >= 11 is 1.39. The minimum Gasteiger partial charge on any atom is -0.463 e. The van der Waals surface area contributed by atoms with Crippen LogP contribution in [0.25, 0.3) is 0 Å². The number of amides is 2. The molecule has 0 aliphatic carbocycles. The fourth-order valence-electron chi connectivity index (χ4n) is 3.54. The highest BCUT2D eigenvalue weighted by Gasteiger charge is 2.50. The van der Waals surface area contributed by atoms with Gasteiger partial charge in [-0.05, 0) is 39.4 Å². The van der Waals surface area contributed by atoms with E-state index in [1.807, 2.05) is 0 Å². The molecule has 0 aromatic carbocycles. The van der Waals surface area contributed by atoms with Gasteiger partial charge in [-0.1, -0.05) is 6.42 Å². The van der Waals surface area contributed by atoms with Crippen molar-refractivity contribution >= 4 is 41.7 Å². The quantitative estimate of drug-likeness (QED) is 0.209. The van der Waals surface area contributed by atoms with Gasteiger partial charge in [-0.25, -0.2) is 4.79 Å². The van der Waals surface area contributed by atoms with E-state index in [-0.39, 0.29) is 12.5 Å². The van der Waals surface area contributed by atoms with E-state index in [0.29, 0.717) is 12.3 Å². The summed E-state index contributed by atoms with van der Waals surface area (Å²) in [6.45, 7) is 10.6. The van der Waals surface area contributed by atoms with Crippen LogP contribution in [0.2, 0.25) is 0 Å². The van der Waals surface area contributed by atoms with Crippen molar-refractivity contribution in [3.63, 3.8) is 0 Å². The van der Waals surface area contributed by atoms with Crippen molar-refractivity contribution in [2.45, 2.75) is 103 Å². The van der Waals surface area contributed by atoms with Gasteiger partial charge in [-0.2, -0.15) is 0 Å². The summed E-state index contributed by atoms with van der Waals surface area (Å²) in [5.41, 5.74) is -1.24. The molecule has 0 unspecified atom stereocenters. The summed E-state index contributed by atoms with van der Waals surface area (Å²) in [7, 11) is 0. The zero-order valence-electron chi connectivity index (χ0n) is 22.6. The number of hydrogen-bond donors (Lipinski definition) is 2. The van der Waals surface area contributed by atoms with E-state index in [1.54, 1.807) is 20.8 Å². The topological polar surface area (TPSA) is 156 Å². The molecular formula is C24H40N2O10S. The van der Waals surface area contributed by atoms with Crippen LogP contribution >= 0.6 is 11.8 Å². The van der Waals surface area contributed by atoms with Crippen molar-refractivity contribution in [2.24, 2.45) is 0 Å². The number of carbonyl (C=O) groups excluding carboxylic acids is 5. The van der Waals surface area contributed by atoms with Gasteiger partial charge in [0, 0.05) is 34.2 Å². The maximum absolute atomic E-state index is 12.0. The van der Waals surface area contributed by atoms with Gasteiger partial charge in [0.25, 0.3) is 0 Å². The van der Waals surface area contributed by atoms with E-state index in [0.717, 1.165) is 19.3 Å². The molecule has 0 spiro atoms. The number of alkyl carbamates (subject to hydrolysis) is 1. The Hall–Kier alpha value is -2.54. The highest BCUT2D eigenvalue weighted by Crippen LogP contribution is 2.33. The standard InChI is InChI=1S/C24H40N2O10S/c1-14(27)26-19-21(34-17(4)30)20(33-16(3)29)18(13-32-15(2)28)35-22(19)37-12-10-8-9-11-25-23(31)36-24(5,6)7/h18-22H,8-13H2,1-7H3,(H,25,31)(H,26,27)/t18-,19-,20+,21-,22-/m1/s1. The first kappa shape index (κ1) is 32.5. The normalized spacial score (nSPS) is 23.4. The van der Waals surface area contributed by atoms with Gasteiger partial charge in [0.2, 0.25) is 5.91 Å². The van der Waals surface area contributed by atoms with E-state index in [2.05, 4.69) is 10.6 Å². The minimum atomic E-state index is -1.10. The Bertz CT molecular complexity index is 801. The SMILES string of the molecule is CC(=O)N[C@@H]1[C@@H](OC(C)=O)[C@@H](OC(C)=O)[C@@H](COC(C)=O)O[C@@H]1SCCCCCNC(=O)OC(C)(C)C. The lowest BCUT2D eigenvalue weighted by molar-refractivity contribution is -0.211. The third-order valence-corrected chi connectivity index (χ3v) is 6.10. The van der Waals surface area contributed by atoms with Crippen LogP contribution in [0.15, 0.2) is 0 Å². The molecule has 212 valence electrons. The maximum atomic E-state index is 12.0. The Labute approximate surface area is 222 Å². The Kier molecular flexibility index (Phi) is 13.7. The highest BCUT2D eigenvalue weighted by atomic mass is 32.2. The number of esters is 3. The highest BCUT2D eigenvalue weighted by molar-refractivity contribution is 7.99. The minimum absolute atomic E-state index is 0.231. The summed E-state index contributed by atoms with van der Waals surface area (Å²) in [4.78, 5) is 58.8. The molecule has 0 aromatic rings. The molecule has 37 heavy (non-hydrogen) atoms. The lowest BCUT2D eigenvalue weighted by Gasteiger charge is -2.45. The van der Waals surface area contributed by atoms with Crippen LogP contribution in [0.3, 0.4) is 0 Å². The molecular weight excluding hydrogens is 508 g/mol. The van der Waals surface area contributed by atoms with Gasteiger partial charge in [0.05, 0.1) is 0 Å². The first-order valence-corrected chi connectivity index (χ1v) is 13.2. The summed E-state index contributed by atoms with van der Waals surface area (Å²) in [5.74, 6) is -1.59. The molecule has 1 rings (SSSR count). The second-order valence-corrected chi connectivity index (χ2v) is 10.8. The van der Waals surface area contributed by atoms with Crippen molar-refractivity contribution in [1.29, 1.82) is 0 Å². The van der Waals surface area contributed by atoms with Gasteiger partial charge < -0.3 is 34.3 Å². The van der Waals surface area contributed by atoms with Crippen LogP contribution in [0, 0.1) is 0 Å². The molecule has 2 N–H and O–H groups in total. The van der Waals surface area contributed by atoms with Gasteiger partial charge in [-0.3, -0.25) is 19.2 Å². The van der Waals surface area contributed by atoms with E-state index in [9.17, 15) is 24.0 Å². The van der Waals surface area contributed by atoms with Gasteiger partial charge in [0.1, 0.15) is 29.8 Å². The molecule has 5 atom stereocenters. The zero-order chi connectivity index (χ0) is 28.2. The van der Waals surface area contributed by atoms with E-state index in [4.69, 9.17) is 23.7 Å². The molecule has 0 saturated carbocycles. The van der Waals surface area contributed by atoms with Gasteiger partial charge in [-0.15, -0.1) is 11.8 Å². The van der Waals surface area contributed by atoms with Crippen LogP contribution in [-0.2, 0) is 42.9 Å². The fourth-order valence-corrected chi connectivity index (χ4v) is 4.80. The third-order valence-electron chi connectivity index (χ3n) is 4.84. The van der Waals surface area contributed by atoms with Crippen LogP contribution < -0.4 is 10.6 Å². The molecule has 1 saturated heterocycles. The summed E-state index contributed by atoms with van der Waals surface area (Å²) in [6.07, 6.45) is -1.23. The van der Waals surface area contributed by atoms with E-state index in [1.165, 1.54) is 39.5 Å². The number of thioether (sulfide) groups is 1. The number of unbranched alkanes of at least 4 members (excludes halogenated alkanes) is 2. The fraction of sp³-hybridized carbons (Fsp3) is 0.792. The largest absolute Gasteiger partial charge is 0.463 e. The van der Waals surface area contributed by atoms with Crippen molar-refractivity contribution < 1.29 is 47.7 Å². The Morgan fingerprint density at radius 1 is 0.865 bits per heavy atom. The predicted molar refractivity (Wildman–Crippen MR) is 135 cm³/mol. The van der Waals surface area contributed by atoms with Gasteiger partial charge >= 0.3 is 24.0 Å². The van der Waals surface area contributed by atoms with Crippen molar-refractivity contribution in [3.05, 3.63) is 0 Å². The predicted octanol–water partition coefficient (Wildman–Crippen LogP) is 2.07. The number of carbonyl (C=O) groups is 5. The molecule has 2 amide bonds. The Balaban J connectivity index is 2.83. The molecule has 0 aromatic heterocycles. The molecule has 1 fully saturated rings. The average Bonchev–Trinajstić information content (AvgIpc) is 2.73. The summed E-state index contributed by atoms with van der Waals surface area (Å²) in [6, 6.07) is -0.821. The van der Waals surface area contributed by atoms with Crippen molar-refractivity contribution in [2.75, 3.05) is 18.9 Å². The van der Waals surface area contributed by atoms with E-state index >= 15 is 0 Å². The molecule has 1 aliphatic rings. The van der Waals surface area contributed by atoms with Crippen LogP contribution in [0.5, 0.6) is 0 Å². The number of ether oxygens (including phenoxy) is 5. The second-order valence-electron chi connectivity index (χ2n) is 9.58. The monoisotopic (exact) mass is 548 g/mol. The van der Waals surface area contributed by atoms with Crippen LogP contribution in [0.4, 0.5) is 4.79 Å². The zero-order valence-corrected chi connectivity index (χ0v) is 23.4. The Morgan fingerprint density at radius 2 is 1.49 bits per heavy atom. The maximum Gasteiger partial charge on any atom is 0.407 e. The number of nitrogens with one attached hydrogen (secondary N) is 2. The Morgan fingerprint density at radius 3 is 2.03 bits per heavy atom. The molecule has 13 heteroatoms. The first-order valence-electron chi connectivity index (χ1n) is 12.2. The molecule has 0 bridgehead atoms. The molecule has 0 radical (unpaired) electrons. The van der Waals surface area contributed by atoms with Crippen molar-refractivity contribution in [3.8, 4) is 0 Å². The van der Waals surface area contributed by atoms with Crippen LogP contribution in [-0.4, -0.2) is 84.2 Å². The van der Waals surface area contributed by atoms with Gasteiger partial charge in [0.15, 0.2) is 12.2 Å². The summed E-state index contributed by atoms with van der Waals surface area (Å²) in [5, 5.41) is 5.46. The summed E-state index contributed by atoms with van der Waals surface area (Å²) < 4.78 is 27.3. The van der Waals surface area contributed by atoms with Crippen LogP contribution in [0.1, 0.15) is 67.7 Å². The number of rotatable bonds is 12. The molecule has 1 aliphatic heterocycles. The first-order chi connectivity index (χ1) is 17.2. The molecule has 1 heterocycles. The molecule has 12 nitrogen and oxygen atoms in total. The second kappa shape index (κ2) is 15.7. The van der Waals surface area contributed by atoms with Crippen molar-refractivity contribution in [1.82, 2.24) is 10.6 Å². The third kappa shape index (κ3) is 13.5. The lowest BCUT2D eigenvalue weighted by atomic mass is 9.97.